The maximum absolute atomic E-state index is 13.9. The fourth-order valence-electron chi connectivity index (χ4n) is 3.63. The lowest BCUT2D eigenvalue weighted by Gasteiger charge is -2.29. The molecule has 1 unspecified atom stereocenters. The average molecular weight is 386 g/mol. The van der Waals surface area contributed by atoms with Crippen molar-refractivity contribution in [2.75, 3.05) is 0 Å². The van der Waals surface area contributed by atoms with E-state index in [0.717, 1.165) is 37.0 Å². The molecule has 2 aromatic carbocycles. The number of fused-ring (bicyclic) bond motifs is 1. The standard InChI is InChI=1S/C22H24F2N2O2/c1-13(2)20(26-21(27)19-16(23)10-6-11-17(19)24)22(28)25-18-12-5-8-14-7-3-4-9-15(14)18/h3-4,6-7,9-11,13,18,20H,5,8,12H2,1-2H3,(H,25,28)(H,26,27)/t18?,20-/m1/s1. The van der Waals surface area contributed by atoms with Gasteiger partial charge in [-0.05, 0) is 48.4 Å². The summed E-state index contributed by atoms with van der Waals surface area (Å²) >= 11 is 0. The second-order valence-corrected chi connectivity index (χ2v) is 7.44. The quantitative estimate of drug-likeness (QED) is 0.819. The van der Waals surface area contributed by atoms with Crippen LogP contribution in [-0.2, 0) is 11.2 Å². The number of aryl methyl sites for hydroxylation is 1. The number of benzene rings is 2. The second-order valence-electron chi connectivity index (χ2n) is 7.44. The third-order valence-corrected chi connectivity index (χ3v) is 5.11. The summed E-state index contributed by atoms with van der Waals surface area (Å²) in [5.74, 6) is -3.46. The molecular formula is C22H24F2N2O2. The van der Waals surface area contributed by atoms with Crippen molar-refractivity contribution in [1.29, 1.82) is 0 Å². The minimum absolute atomic E-state index is 0.138. The van der Waals surface area contributed by atoms with E-state index < -0.39 is 29.1 Å². The van der Waals surface area contributed by atoms with Crippen LogP contribution in [0.15, 0.2) is 42.5 Å². The largest absolute Gasteiger partial charge is 0.347 e. The minimum Gasteiger partial charge on any atom is -0.347 e. The highest BCUT2D eigenvalue weighted by Crippen LogP contribution is 2.29. The van der Waals surface area contributed by atoms with Crippen LogP contribution in [0.25, 0.3) is 0 Å². The third-order valence-electron chi connectivity index (χ3n) is 5.11. The zero-order valence-corrected chi connectivity index (χ0v) is 16.0. The summed E-state index contributed by atoms with van der Waals surface area (Å²) in [7, 11) is 0. The number of halogens is 2. The van der Waals surface area contributed by atoms with Gasteiger partial charge in [0, 0.05) is 0 Å². The van der Waals surface area contributed by atoms with Gasteiger partial charge in [0.15, 0.2) is 0 Å². The minimum atomic E-state index is -0.957. The van der Waals surface area contributed by atoms with E-state index in [2.05, 4.69) is 16.7 Å². The summed E-state index contributed by atoms with van der Waals surface area (Å²) in [6.45, 7) is 3.55. The lowest BCUT2D eigenvalue weighted by atomic mass is 9.87. The zero-order valence-electron chi connectivity index (χ0n) is 16.0. The van der Waals surface area contributed by atoms with E-state index in [4.69, 9.17) is 0 Å². The van der Waals surface area contributed by atoms with Crippen LogP contribution in [0.2, 0.25) is 0 Å². The van der Waals surface area contributed by atoms with Crippen LogP contribution in [0, 0.1) is 17.6 Å². The molecule has 0 spiro atoms. The van der Waals surface area contributed by atoms with Crippen molar-refractivity contribution in [2.24, 2.45) is 5.92 Å². The molecule has 28 heavy (non-hydrogen) atoms. The lowest BCUT2D eigenvalue weighted by Crippen LogP contribution is -2.51. The van der Waals surface area contributed by atoms with Gasteiger partial charge in [0.05, 0.1) is 6.04 Å². The van der Waals surface area contributed by atoms with Gasteiger partial charge in [-0.2, -0.15) is 0 Å². The Labute approximate surface area is 163 Å². The van der Waals surface area contributed by atoms with Crippen LogP contribution in [-0.4, -0.2) is 17.9 Å². The smallest absolute Gasteiger partial charge is 0.257 e. The molecule has 0 aliphatic heterocycles. The third kappa shape index (κ3) is 4.21. The molecule has 1 aliphatic rings. The topological polar surface area (TPSA) is 58.2 Å². The zero-order chi connectivity index (χ0) is 20.3. The van der Waals surface area contributed by atoms with Crippen LogP contribution in [0.3, 0.4) is 0 Å². The molecule has 0 fully saturated rings. The predicted molar refractivity (Wildman–Crippen MR) is 103 cm³/mol. The van der Waals surface area contributed by atoms with Crippen molar-refractivity contribution >= 4 is 11.8 Å². The van der Waals surface area contributed by atoms with Gasteiger partial charge < -0.3 is 10.6 Å². The molecule has 4 nitrogen and oxygen atoms in total. The number of rotatable bonds is 5. The Bertz CT molecular complexity index is 862. The van der Waals surface area contributed by atoms with E-state index >= 15 is 0 Å². The number of hydrogen-bond donors (Lipinski definition) is 2. The fourth-order valence-corrected chi connectivity index (χ4v) is 3.63. The highest BCUT2D eigenvalue weighted by molar-refractivity contribution is 5.98. The molecule has 1 aliphatic carbocycles. The first-order valence-electron chi connectivity index (χ1n) is 9.51. The first kappa shape index (κ1) is 20.0. The molecule has 6 heteroatoms. The van der Waals surface area contributed by atoms with E-state index in [-0.39, 0.29) is 17.9 Å². The van der Waals surface area contributed by atoms with Crippen LogP contribution in [0.5, 0.6) is 0 Å². The van der Waals surface area contributed by atoms with Crippen LogP contribution in [0.1, 0.15) is 54.2 Å². The van der Waals surface area contributed by atoms with Gasteiger partial charge in [0.2, 0.25) is 5.91 Å². The summed E-state index contributed by atoms with van der Waals surface area (Å²) in [5.41, 5.74) is 1.61. The Morgan fingerprint density at radius 2 is 1.71 bits per heavy atom. The van der Waals surface area contributed by atoms with Gasteiger partial charge in [0.25, 0.3) is 5.91 Å². The number of hydrogen-bond acceptors (Lipinski definition) is 2. The molecule has 0 saturated carbocycles. The first-order valence-corrected chi connectivity index (χ1v) is 9.51. The number of carbonyl (C=O) groups is 2. The molecule has 0 aromatic heterocycles. The van der Waals surface area contributed by atoms with Crippen molar-refractivity contribution in [3.63, 3.8) is 0 Å². The van der Waals surface area contributed by atoms with Gasteiger partial charge >= 0.3 is 0 Å². The Morgan fingerprint density at radius 3 is 2.39 bits per heavy atom. The maximum atomic E-state index is 13.9. The molecule has 2 aromatic rings. The summed E-state index contributed by atoms with van der Waals surface area (Å²) < 4.78 is 27.8. The predicted octanol–water partition coefficient (Wildman–Crippen LogP) is 3.91. The molecule has 148 valence electrons. The van der Waals surface area contributed by atoms with E-state index in [1.807, 2.05) is 18.2 Å². The number of carbonyl (C=O) groups excluding carboxylic acids is 2. The van der Waals surface area contributed by atoms with Gasteiger partial charge in [-0.3, -0.25) is 9.59 Å². The van der Waals surface area contributed by atoms with Crippen molar-refractivity contribution in [1.82, 2.24) is 10.6 Å². The molecule has 3 rings (SSSR count). The maximum Gasteiger partial charge on any atom is 0.257 e. The van der Waals surface area contributed by atoms with Crippen LogP contribution in [0.4, 0.5) is 8.78 Å². The summed E-state index contributed by atoms with van der Waals surface area (Å²) in [4.78, 5) is 25.3. The first-order chi connectivity index (χ1) is 13.4. The van der Waals surface area contributed by atoms with E-state index in [1.54, 1.807) is 13.8 Å². The van der Waals surface area contributed by atoms with Crippen molar-refractivity contribution < 1.29 is 18.4 Å². The van der Waals surface area contributed by atoms with E-state index in [0.29, 0.717) is 0 Å². The van der Waals surface area contributed by atoms with Gasteiger partial charge in [-0.25, -0.2) is 8.78 Å². The summed E-state index contributed by atoms with van der Waals surface area (Å²) in [6, 6.07) is 10.1. The second kappa shape index (κ2) is 8.50. The number of amides is 2. The molecule has 0 radical (unpaired) electrons. The SMILES string of the molecule is CC(C)[C@@H](NC(=O)c1c(F)cccc1F)C(=O)NC1CCCc2ccccc21. The van der Waals surface area contributed by atoms with E-state index in [9.17, 15) is 18.4 Å². The summed E-state index contributed by atoms with van der Waals surface area (Å²) in [6.07, 6.45) is 2.74. The highest BCUT2D eigenvalue weighted by atomic mass is 19.1. The monoisotopic (exact) mass is 386 g/mol. The van der Waals surface area contributed by atoms with Gasteiger partial charge in [0.1, 0.15) is 23.2 Å². The molecule has 2 N–H and O–H groups in total. The lowest BCUT2D eigenvalue weighted by molar-refractivity contribution is -0.124. The molecular weight excluding hydrogens is 362 g/mol. The van der Waals surface area contributed by atoms with Crippen molar-refractivity contribution in [3.8, 4) is 0 Å². The molecule has 0 saturated heterocycles. The average Bonchev–Trinajstić information content (AvgIpc) is 2.66. The normalized spacial score (nSPS) is 17.0. The van der Waals surface area contributed by atoms with Gasteiger partial charge in [-0.1, -0.05) is 44.2 Å². The Balaban J connectivity index is 1.76. The van der Waals surface area contributed by atoms with Crippen molar-refractivity contribution in [3.05, 3.63) is 70.8 Å². The van der Waals surface area contributed by atoms with E-state index in [1.165, 1.54) is 11.6 Å². The molecule has 0 bridgehead atoms. The Hall–Kier alpha value is -2.76. The van der Waals surface area contributed by atoms with Crippen molar-refractivity contribution in [2.45, 2.75) is 45.2 Å². The molecule has 0 heterocycles. The Morgan fingerprint density at radius 1 is 1.04 bits per heavy atom. The molecule has 2 amide bonds. The highest BCUT2D eigenvalue weighted by Gasteiger charge is 2.30. The summed E-state index contributed by atoms with van der Waals surface area (Å²) in [5, 5.41) is 5.50. The number of nitrogens with one attached hydrogen (secondary N) is 2. The molecule has 2 atom stereocenters. The van der Waals surface area contributed by atoms with Crippen LogP contribution >= 0.6 is 0 Å². The Kier molecular flexibility index (Phi) is 6.07. The van der Waals surface area contributed by atoms with Crippen LogP contribution < -0.4 is 10.6 Å². The van der Waals surface area contributed by atoms with Gasteiger partial charge in [-0.15, -0.1) is 0 Å². The fraction of sp³-hybridized carbons (Fsp3) is 0.364.